The van der Waals surface area contributed by atoms with Gasteiger partial charge in [0.1, 0.15) is 0 Å². The Bertz CT molecular complexity index is 161. The minimum Gasteiger partial charge on any atom is -0.103 e. The van der Waals surface area contributed by atoms with E-state index < -0.39 is 0 Å². The van der Waals surface area contributed by atoms with Crippen LogP contribution in [0.2, 0.25) is 0 Å². The molecule has 0 N–H and O–H groups in total. The zero-order valence-electron chi connectivity index (χ0n) is 8.34. The van der Waals surface area contributed by atoms with E-state index in [9.17, 15) is 0 Å². The molecule has 0 spiro atoms. The van der Waals surface area contributed by atoms with E-state index in [1.54, 1.807) is 0 Å². The lowest BCUT2D eigenvalue weighted by Crippen LogP contribution is -1.77. The van der Waals surface area contributed by atoms with Crippen molar-refractivity contribution in [1.29, 1.82) is 0 Å². The van der Waals surface area contributed by atoms with Gasteiger partial charge in [-0.05, 0) is 26.2 Å². The molecule has 0 rings (SSSR count). The minimum absolute atomic E-state index is 1.02. The Hall–Kier alpha value is -0.780. The van der Waals surface area contributed by atoms with E-state index in [-0.39, 0.29) is 0 Å². The van der Waals surface area contributed by atoms with Crippen LogP contribution in [-0.4, -0.2) is 0 Å². The summed E-state index contributed by atoms with van der Waals surface area (Å²) in [6, 6.07) is 0. The van der Waals surface area contributed by atoms with Crippen LogP contribution >= 0.6 is 0 Å². The fraction of sp³-hybridized carbons (Fsp3) is 0.500. The Morgan fingerprint density at radius 3 is 2.50 bits per heavy atom. The highest BCUT2D eigenvalue weighted by Gasteiger charge is 1.88. The minimum atomic E-state index is 1.02. The van der Waals surface area contributed by atoms with Crippen molar-refractivity contribution < 1.29 is 0 Å². The Morgan fingerprint density at radius 2 is 2.00 bits per heavy atom. The Kier molecular flexibility index (Phi) is 7.78. The van der Waals surface area contributed by atoms with Gasteiger partial charge in [0.15, 0.2) is 0 Å². The molecule has 0 aromatic heterocycles. The maximum absolute atomic E-state index is 3.73. The summed E-state index contributed by atoms with van der Waals surface area (Å²) in [5.74, 6) is 0. The van der Waals surface area contributed by atoms with Crippen LogP contribution in [0.5, 0.6) is 0 Å². The van der Waals surface area contributed by atoms with Crippen LogP contribution in [0.25, 0.3) is 0 Å². The molecule has 0 radical (unpaired) electrons. The Labute approximate surface area is 76.7 Å². The van der Waals surface area contributed by atoms with Crippen LogP contribution in [0.1, 0.15) is 39.5 Å². The van der Waals surface area contributed by atoms with Crippen LogP contribution in [0.3, 0.4) is 0 Å². The van der Waals surface area contributed by atoms with Gasteiger partial charge in [-0.3, -0.25) is 0 Å². The molecule has 0 amide bonds. The molecule has 12 heavy (non-hydrogen) atoms. The van der Waals surface area contributed by atoms with Crippen LogP contribution in [0.15, 0.2) is 36.5 Å². The van der Waals surface area contributed by atoms with Crippen molar-refractivity contribution in [3.63, 3.8) is 0 Å². The van der Waals surface area contributed by atoms with Gasteiger partial charge in [-0.1, -0.05) is 43.2 Å². The fourth-order valence-electron chi connectivity index (χ4n) is 1.02. The molecule has 0 aliphatic carbocycles. The second-order valence-electron chi connectivity index (χ2n) is 2.90. The summed E-state index contributed by atoms with van der Waals surface area (Å²) in [7, 11) is 0. The van der Waals surface area contributed by atoms with E-state index in [1.807, 2.05) is 6.08 Å². The first-order valence-corrected chi connectivity index (χ1v) is 4.75. The molecule has 0 bridgehead atoms. The Morgan fingerprint density at radius 1 is 1.25 bits per heavy atom. The summed E-state index contributed by atoms with van der Waals surface area (Å²) in [6.07, 6.45) is 13.2. The van der Waals surface area contributed by atoms with Crippen LogP contribution in [0.4, 0.5) is 0 Å². The van der Waals surface area contributed by atoms with Crippen molar-refractivity contribution in [3.8, 4) is 0 Å². The predicted molar refractivity (Wildman–Crippen MR) is 57.2 cm³/mol. The molecule has 0 saturated carbocycles. The van der Waals surface area contributed by atoms with Gasteiger partial charge >= 0.3 is 0 Å². The van der Waals surface area contributed by atoms with Crippen LogP contribution < -0.4 is 0 Å². The van der Waals surface area contributed by atoms with Crippen LogP contribution in [-0.2, 0) is 0 Å². The molecule has 0 aliphatic heterocycles. The molecule has 0 aliphatic rings. The number of hydrogen-bond acceptors (Lipinski definition) is 0. The van der Waals surface area contributed by atoms with Crippen molar-refractivity contribution >= 4 is 0 Å². The highest BCUT2D eigenvalue weighted by atomic mass is 13.9. The first-order chi connectivity index (χ1) is 5.85. The third kappa shape index (κ3) is 5.96. The van der Waals surface area contributed by atoms with Crippen molar-refractivity contribution in [2.24, 2.45) is 0 Å². The topological polar surface area (TPSA) is 0 Å². The SMILES string of the molecule is C=CCC(=CC)CC=CCCC. The maximum Gasteiger partial charge on any atom is -0.0136 e. The lowest BCUT2D eigenvalue weighted by atomic mass is 10.1. The molecular formula is C12H20. The second-order valence-corrected chi connectivity index (χ2v) is 2.90. The molecule has 68 valence electrons. The molecule has 0 atom stereocenters. The van der Waals surface area contributed by atoms with Crippen LogP contribution in [0, 0.1) is 0 Å². The van der Waals surface area contributed by atoms with E-state index in [4.69, 9.17) is 0 Å². The lowest BCUT2D eigenvalue weighted by molar-refractivity contribution is 0.950. The van der Waals surface area contributed by atoms with Gasteiger partial charge in [-0.25, -0.2) is 0 Å². The summed E-state index contributed by atoms with van der Waals surface area (Å²) in [6.45, 7) is 8.02. The van der Waals surface area contributed by atoms with E-state index in [1.165, 1.54) is 18.4 Å². The maximum atomic E-state index is 3.73. The van der Waals surface area contributed by atoms with Gasteiger partial charge in [0.05, 0.1) is 0 Å². The fourth-order valence-corrected chi connectivity index (χ4v) is 1.02. The Balaban J connectivity index is 3.65. The van der Waals surface area contributed by atoms with E-state index in [2.05, 4.69) is 38.7 Å². The molecule has 0 heteroatoms. The standard InChI is InChI=1S/C12H20/c1-4-7-8-9-11-12(6-3)10-5-2/h5-6,8-9H,2,4,7,10-11H2,1,3H3. The van der Waals surface area contributed by atoms with Crippen molar-refractivity contribution in [1.82, 2.24) is 0 Å². The lowest BCUT2D eigenvalue weighted by Gasteiger charge is -1.97. The van der Waals surface area contributed by atoms with E-state index >= 15 is 0 Å². The van der Waals surface area contributed by atoms with Gasteiger partial charge in [-0.15, -0.1) is 6.58 Å². The second kappa shape index (κ2) is 8.32. The van der Waals surface area contributed by atoms with Gasteiger partial charge in [-0.2, -0.15) is 0 Å². The first-order valence-electron chi connectivity index (χ1n) is 4.75. The number of unbranched alkanes of at least 4 members (excludes halogenated alkanes) is 1. The highest BCUT2D eigenvalue weighted by Crippen LogP contribution is 2.08. The molecule has 0 fully saturated rings. The zero-order valence-corrected chi connectivity index (χ0v) is 8.34. The molecule has 0 aromatic carbocycles. The summed E-state index contributed by atoms with van der Waals surface area (Å²) >= 11 is 0. The largest absolute Gasteiger partial charge is 0.103 e. The number of hydrogen-bond donors (Lipinski definition) is 0. The zero-order chi connectivity index (χ0) is 9.23. The van der Waals surface area contributed by atoms with E-state index in [0.29, 0.717) is 0 Å². The third-order valence-corrected chi connectivity index (χ3v) is 1.82. The van der Waals surface area contributed by atoms with Gasteiger partial charge in [0.2, 0.25) is 0 Å². The molecule has 0 aromatic rings. The normalized spacial score (nSPS) is 12.3. The highest BCUT2D eigenvalue weighted by molar-refractivity contribution is 5.09. The molecule has 0 heterocycles. The van der Waals surface area contributed by atoms with Crippen molar-refractivity contribution in [3.05, 3.63) is 36.5 Å². The van der Waals surface area contributed by atoms with E-state index in [0.717, 1.165) is 12.8 Å². The number of rotatable bonds is 6. The molecular weight excluding hydrogens is 144 g/mol. The summed E-state index contributed by atoms with van der Waals surface area (Å²) in [5, 5.41) is 0. The van der Waals surface area contributed by atoms with Gasteiger partial charge in [0, 0.05) is 0 Å². The van der Waals surface area contributed by atoms with Gasteiger partial charge in [0.25, 0.3) is 0 Å². The summed E-state index contributed by atoms with van der Waals surface area (Å²) in [5.41, 5.74) is 1.46. The third-order valence-electron chi connectivity index (χ3n) is 1.82. The first kappa shape index (κ1) is 11.2. The average Bonchev–Trinajstić information content (AvgIpc) is 2.10. The quantitative estimate of drug-likeness (QED) is 0.515. The van der Waals surface area contributed by atoms with Crippen molar-refractivity contribution in [2.75, 3.05) is 0 Å². The monoisotopic (exact) mass is 164 g/mol. The predicted octanol–water partition coefficient (Wildman–Crippen LogP) is 4.26. The van der Waals surface area contributed by atoms with Gasteiger partial charge < -0.3 is 0 Å². The summed E-state index contributed by atoms with van der Waals surface area (Å²) < 4.78 is 0. The van der Waals surface area contributed by atoms with Crippen molar-refractivity contribution in [2.45, 2.75) is 39.5 Å². The molecule has 0 unspecified atom stereocenters. The summed E-state index contributed by atoms with van der Waals surface area (Å²) in [4.78, 5) is 0. The number of allylic oxidation sites excluding steroid dienone is 5. The smallest absolute Gasteiger partial charge is 0.0136 e. The average molecular weight is 164 g/mol. The molecule has 0 nitrogen and oxygen atoms in total. The molecule has 0 saturated heterocycles.